The number of aromatic nitrogens is 3. The van der Waals surface area contributed by atoms with Gasteiger partial charge in [0.2, 0.25) is 0 Å². The van der Waals surface area contributed by atoms with Gasteiger partial charge in [0.15, 0.2) is 0 Å². The minimum Gasteiger partial charge on any atom is -0.497 e. The fraction of sp³-hybridized carbons (Fsp3) is 0.321. The number of amides is 2. The molecule has 0 radical (unpaired) electrons. The molecule has 2 aromatic carbocycles. The van der Waals surface area contributed by atoms with Gasteiger partial charge in [0.1, 0.15) is 11.6 Å². The predicted octanol–water partition coefficient (Wildman–Crippen LogP) is 5.68. The maximum absolute atomic E-state index is 12.4. The normalized spacial score (nSPS) is 11.9. The molecule has 0 atom stereocenters. The van der Waals surface area contributed by atoms with Gasteiger partial charge in [-0.15, -0.1) is 0 Å². The van der Waals surface area contributed by atoms with E-state index in [1.165, 1.54) is 0 Å². The van der Waals surface area contributed by atoms with Crippen LogP contribution in [0.15, 0.2) is 60.9 Å². The first kappa shape index (κ1) is 24.3. The number of fused-ring (bicyclic) bond motifs is 1. The van der Waals surface area contributed by atoms with Crippen LogP contribution in [0.3, 0.4) is 0 Å². The lowest BCUT2D eigenvalue weighted by molar-refractivity contribution is 0.229. The number of ether oxygens (including phenoxy) is 1. The summed E-state index contributed by atoms with van der Waals surface area (Å²) in [5, 5.41) is 8.13. The number of aromatic amines is 1. The summed E-state index contributed by atoms with van der Waals surface area (Å²) >= 11 is 0. The third-order valence-electron chi connectivity index (χ3n) is 5.81. The summed E-state index contributed by atoms with van der Waals surface area (Å²) in [5.41, 5.74) is 3.04. The van der Waals surface area contributed by atoms with Gasteiger partial charge >= 0.3 is 6.03 Å². The van der Waals surface area contributed by atoms with Crippen molar-refractivity contribution in [2.45, 2.75) is 45.6 Å². The van der Waals surface area contributed by atoms with Crippen molar-refractivity contribution in [1.82, 2.24) is 25.6 Å². The Bertz CT molecular complexity index is 1340. The summed E-state index contributed by atoms with van der Waals surface area (Å²) in [5.74, 6) is 1.62. The molecule has 0 bridgehead atoms. The number of imidazole rings is 1. The molecule has 4 aromatic rings. The first-order chi connectivity index (χ1) is 16.6. The van der Waals surface area contributed by atoms with Crippen molar-refractivity contribution >= 4 is 16.8 Å². The second kappa shape index (κ2) is 9.41. The molecule has 0 saturated carbocycles. The number of hydrogen-bond donors (Lipinski definition) is 3. The van der Waals surface area contributed by atoms with Crippen LogP contribution in [-0.2, 0) is 5.41 Å². The third kappa shape index (κ3) is 5.62. The van der Waals surface area contributed by atoms with E-state index in [-0.39, 0.29) is 11.6 Å². The van der Waals surface area contributed by atoms with Gasteiger partial charge in [-0.05, 0) is 61.9 Å². The monoisotopic (exact) mass is 471 g/mol. The van der Waals surface area contributed by atoms with Crippen LogP contribution in [0.4, 0.5) is 4.79 Å². The van der Waals surface area contributed by atoms with E-state index in [0.29, 0.717) is 6.54 Å². The van der Waals surface area contributed by atoms with Crippen LogP contribution in [0.5, 0.6) is 5.75 Å². The molecule has 0 fully saturated rings. The summed E-state index contributed by atoms with van der Waals surface area (Å²) in [4.78, 5) is 25.1. The lowest BCUT2D eigenvalue weighted by Crippen LogP contribution is -2.49. The zero-order valence-electron chi connectivity index (χ0n) is 21.2. The number of carbonyl (C=O) groups is 1. The number of carbonyl (C=O) groups excluding carboxylic acids is 1. The zero-order valence-corrected chi connectivity index (χ0v) is 21.2. The van der Waals surface area contributed by atoms with Crippen LogP contribution in [0.25, 0.3) is 33.3 Å². The van der Waals surface area contributed by atoms with E-state index < -0.39 is 5.41 Å². The van der Waals surface area contributed by atoms with Gasteiger partial charge in [0.05, 0.1) is 18.5 Å². The number of pyridine rings is 1. The molecule has 4 rings (SSSR count). The molecule has 0 aliphatic carbocycles. The molecular weight excluding hydrogens is 438 g/mol. The number of nitrogens with one attached hydrogen (secondary N) is 3. The molecular formula is C28H33N5O2. The van der Waals surface area contributed by atoms with Crippen molar-refractivity contribution in [3.63, 3.8) is 0 Å². The number of rotatable bonds is 6. The average Bonchev–Trinajstić information content (AvgIpc) is 3.28. The van der Waals surface area contributed by atoms with Gasteiger partial charge in [-0.2, -0.15) is 0 Å². The standard InChI is InChI=1S/C28H33N5O2/c1-27(2,3)33-26(34)30-17-28(4,5)25-31-23(18-11-13-29-14-12-18)24(32-25)21-8-7-20-16-22(35-6)10-9-19(20)15-21/h7-16H,17H2,1-6H3,(H,31,32)(H2,30,33,34). The number of nitrogens with zero attached hydrogens (tertiary/aromatic N) is 2. The summed E-state index contributed by atoms with van der Waals surface area (Å²) < 4.78 is 5.36. The van der Waals surface area contributed by atoms with Crippen LogP contribution in [0.2, 0.25) is 0 Å². The Balaban J connectivity index is 1.71. The highest BCUT2D eigenvalue weighted by Gasteiger charge is 2.28. The molecule has 7 nitrogen and oxygen atoms in total. The minimum absolute atomic E-state index is 0.198. The van der Waals surface area contributed by atoms with Gasteiger partial charge in [-0.1, -0.05) is 32.0 Å². The second-order valence-electron chi connectivity index (χ2n) is 10.4. The largest absolute Gasteiger partial charge is 0.497 e. The summed E-state index contributed by atoms with van der Waals surface area (Å²) in [6.45, 7) is 10.4. The Morgan fingerprint density at radius 2 is 1.63 bits per heavy atom. The first-order valence-electron chi connectivity index (χ1n) is 11.7. The highest BCUT2D eigenvalue weighted by atomic mass is 16.5. The molecule has 0 saturated heterocycles. The molecule has 3 N–H and O–H groups in total. The maximum Gasteiger partial charge on any atom is 0.315 e. The SMILES string of the molecule is COc1ccc2cc(-c3nc(C(C)(C)CNC(=O)NC(C)(C)C)[nH]c3-c3ccncc3)ccc2c1. The zero-order chi connectivity index (χ0) is 25.2. The highest BCUT2D eigenvalue weighted by molar-refractivity contribution is 5.90. The Morgan fingerprint density at radius 1 is 0.943 bits per heavy atom. The smallest absolute Gasteiger partial charge is 0.315 e. The summed E-state index contributed by atoms with van der Waals surface area (Å²) in [6.07, 6.45) is 3.55. The lowest BCUT2D eigenvalue weighted by Gasteiger charge is -2.25. The molecule has 2 amide bonds. The van der Waals surface area contributed by atoms with Crippen molar-refractivity contribution in [1.29, 1.82) is 0 Å². The van der Waals surface area contributed by atoms with Crippen molar-refractivity contribution in [2.75, 3.05) is 13.7 Å². The van der Waals surface area contributed by atoms with E-state index in [4.69, 9.17) is 9.72 Å². The van der Waals surface area contributed by atoms with Crippen LogP contribution in [-0.4, -0.2) is 40.2 Å². The molecule has 0 unspecified atom stereocenters. The molecule has 0 spiro atoms. The Morgan fingerprint density at radius 3 is 2.31 bits per heavy atom. The highest BCUT2D eigenvalue weighted by Crippen LogP contribution is 2.35. The number of hydrogen-bond acceptors (Lipinski definition) is 4. The van der Waals surface area contributed by atoms with E-state index in [1.807, 2.05) is 45.0 Å². The van der Waals surface area contributed by atoms with E-state index in [0.717, 1.165) is 44.9 Å². The fourth-order valence-electron chi connectivity index (χ4n) is 3.90. The number of H-pyrrole nitrogens is 1. The molecule has 35 heavy (non-hydrogen) atoms. The van der Waals surface area contributed by atoms with Crippen LogP contribution in [0, 0.1) is 0 Å². The van der Waals surface area contributed by atoms with E-state index >= 15 is 0 Å². The quantitative estimate of drug-likeness (QED) is 0.338. The van der Waals surface area contributed by atoms with Gasteiger partial charge in [0.25, 0.3) is 0 Å². The summed E-state index contributed by atoms with van der Waals surface area (Å²) in [7, 11) is 1.67. The van der Waals surface area contributed by atoms with E-state index in [1.54, 1.807) is 19.5 Å². The molecule has 7 heteroatoms. The Hall–Kier alpha value is -3.87. The molecule has 0 aliphatic rings. The Kier molecular flexibility index (Phi) is 6.52. The average molecular weight is 472 g/mol. The topological polar surface area (TPSA) is 91.9 Å². The molecule has 0 aliphatic heterocycles. The third-order valence-corrected chi connectivity index (χ3v) is 5.81. The van der Waals surface area contributed by atoms with Crippen LogP contribution in [0.1, 0.15) is 40.4 Å². The summed E-state index contributed by atoms with van der Waals surface area (Å²) in [6, 6.07) is 16.1. The van der Waals surface area contributed by atoms with Crippen LogP contribution < -0.4 is 15.4 Å². The fourth-order valence-corrected chi connectivity index (χ4v) is 3.90. The number of benzene rings is 2. The van der Waals surface area contributed by atoms with Crippen molar-refractivity contribution in [3.8, 4) is 28.3 Å². The van der Waals surface area contributed by atoms with E-state index in [2.05, 4.69) is 58.7 Å². The lowest BCUT2D eigenvalue weighted by atomic mass is 9.92. The van der Waals surface area contributed by atoms with Gasteiger partial charge in [0, 0.05) is 41.0 Å². The first-order valence-corrected chi connectivity index (χ1v) is 11.7. The molecule has 2 heterocycles. The van der Waals surface area contributed by atoms with Crippen LogP contribution >= 0.6 is 0 Å². The molecule has 182 valence electrons. The second-order valence-corrected chi connectivity index (χ2v) is 10.4. The van der Waals surface area contributed by atoms with Crippen molar-refractivity contribution in [3.05, 3.63) is 66.7 Å². The van der Waals surface area contributed by atoms with Crippen molar-refractivity contribution in [2.24, 2.45) is 0 Å². The van der Waals surface area contributed by atoms with Gasteiger partial charge in [-0.25, -0.2) is 9.78 Å². The van der Waals surface area contributed by atoms with Gasteiger partial charge < -0.3 is 20.4 Å². The predicted molar refractivity (Wildman–Crippen MR) is 141 cm³/mol. The minimum atomic E-state index is -0.431. The molecule has 2 aromatic heterocycles. The maximum atomic E-state index is 12.4. The number of methoxy groups -OCH3 is 1. The van der Waals surface area contributed by atoms with Gasteiger partial charge in [-0.3, -0.25) is 4.98 Å². The Labute approximate surface area is 206 Å². The number of urea groups is 1. The van der Waals surface area contributed by atoms with E-state index in [9.17, 15) is 4.79 Å². The van der Waals surface area contributed by atoms with Crippen molar-refractivity contribution < 1.29 is 9.53 Å².